The number of aliphatic hydroxyl groups is 1. The summed E-state index contributed by atoms with van der Waals surface area (Å²) in [6.07, 6.45) is 3.81. The predicted octanol–water partition coefficient (Wildman–Crippen LogP) is 2.55. The van der Waals surface area contributed by atoms with Crippen LogP contribution in [0.2, 0.25) is 0 Å². The molecule has 1 unspecified atom stereocenters. The van der Waals surface area contributed by atoms with Crippen LogP contribution in [-0.2, 0) is 20.4 Å². The number of rotatable bonds is 10. The van der Waals surface area contributed by atoms with Crippen molar-refractivity contribution in [3.63, 3.8) is 0 Å². The van der Waals surface area contributed by atoms with Crippen LogP contribution in [0, 0.1) is 0 Å². The van der Waals surface area contributed by atoms with Gasteiger partial charge in [0.2, 0.25) is 11.8 Å². The number of nitrogens with one attached hydrogen (secondary N) is 1. The molecule has 2 amide bonds. The van der Waals surface area contributed by atoms with Crippen molar-refractivity contribution in [1.82, 2.24) is 5.32 Å². The first-order valence-electron chi connectivity index (χ1n) is 10.0. The van der Waals surface area contributed by atoms with Crippen LogP contribution < -0.4 is 15.8 Å². The Kier molecular flexibility index (Phi) is 7.10. The largest absolute Gasteiger partial charge is 0.494 e. The van der Waals surface area contributed by atoms with Crippen LogP contribution in [0.4, 0.5) is 0 Å². The molecule has 2 rings (SSSR count). The number of fused-ring (bicyclic) bond motifs is 1. The molecular weight excluding hydrogens is 356 g/mol. The summed E-state index contributed by atoms with van der Waals surface area (Å²) in [7, 11) is 0. The van der Waals surface area contributed by atoms with E-state index in [9.17, 15) is 9.59 Å². The van der Waals surface area contributed by atoms with Crippen LogP contribution in [-0.4, -0.2) is 36.2 Å². The van der Waals surface area contributed by atoms with E-state index in [1.54, 1.807) is 0 Å². The molecule has 1 aromatic rings. The highest BCUT2D eigenvalue weighted by Gasteiger charge is 2.41. The fourth-order valence-corrected chi connectivity index (χ4v) is 4.29. The summed E-state index contributed by atoms with van der Waals surface area (Å²) in [6, 6.07) is 5.41. The van der Waals surface area contributed by atoms with Gasteiger partial charge in [-0.1, -0.05) is 33.8 Å². The van der Waals surface area contributed by atoms with Crippen molar-refractivity contribution in [3.05, 3.63) is 29.3 Å². The molecule has 28 heavy (non-hydrogen) atoms. The quantitative estimate of drug-likeness (QED) is 0.534. The van der Waals surface area contributed by atoms with Crippen molar-refractivity contribution in [2.75, 3.05) is 13.2 Å². The Morgan fingerprint density at radius 1 is 1.14 bits per heavy atom. The Bertz CT molecular complexity index is 712. The number of unbranched alkanes of at least 4 members (excludes halogenated alkanes) is 2. The second-order valence-corrected chi connectivity index (χ2v) is 9.02. The molecule has 1 aliphatic rings. The molecule has 0 aliphatic heterocycles. The van der Waals surface area contributed by atoms with Gasteiger partial charge in [-0.25, -0.2) is 0 Å². The summed E-state index contributed by atoms with van der Waals surface area (Å²) in [5.74, 6) is -0.109. The number of carbonyl (C=O) groups excluding carboxylic acids is 2. The van der Waals surface area contributed by atoms with Gasteiger partial charge >= 0.3 is 0 Å². The third-order valence-corrected chi connectivity index (χ3v) is 5.51. The highest BCUT2D eigenvalue weighted by atomic mass is 16.5. The van der Waals surface area contributed by atoms with E-state index in [4.69, 9.17) is 15.6 Å². The summed E-state index contributed by atoms with van der Waals surface area (Å²) in [4.78, 5) is 22.7. The number of aliphatic hydroxyl groups excluding tert-OH is 1. The van der Waals surface area contributed by atoms with Gasteiger partial charge in [-0.05, 0) is 59.8 Å². The standard InChI is InChI=1S/C22H34N2O4/c1-21(2)14-22(3,4)17-12-15(9-10-16(17)21)28-11-7-5-6-8-19(26)24-18(13-25)20(23)27/h9-10,12,18,25H,5-8,11,13-14H2,1-4H3,(H2,23,27)(H,24,26). The van der Waals surface area contributed by atoms with E-state index >= 15 is 0 Å². The first-order chi connectivity index (χ1) is 13.1. The van der Waals surface area contributed by atoms with E-state index < -0.39 is 18.6 Å². The lowest BCUT2D eigenvalue weighted by Gasteiger charge is -2.22. The summed E-state index contributed by atoms with van der Waals surface area (Å²) in [5, 5.41) is 11.4. The Morgan fingerprint density at radius 2 is 1.82 bits per heavy atom. The SMILES string of the molecule is CC1(C)CC(C)(C)c2cc(OCCCCCC(=O)NC(CO)C(N)=O)ccc21. The van der Waals surface area contributed by atoms with Gasteiger partial charge in [0.05, 0.1) is 13.2 Å². The Labute approximate surface area is 167 Å². The molecule has 0 heterocycles. The van der Waals surface area contributed by atoms with Crippen LogP contribution >= 0.6 is 0 Å². The fraction of sp³-hybridized carbons (Fsp3) is 0.636. The van der Waals surface area contributed by atoms with Gasteiger partial charge in [0.25, 0.3) is 0 Å². The maximum absolute atomic E-state index is 11.7. The molecular formula is C22H34N2O4. The molecule has 1 atom stereocenters. The average molecular weight is 391 g/mol. The Morgan fingerprint density at radius 3 is 2.46 bits per heavy atom. The van der Waals surface area contributed by atoms with Crippen LogP contribution in [0.15, 0.2) is 18.2 Å². The summed E-state index contributed by atoms with van der Waals surface area (Å²) >= 11 is 0. The van der Waals surface area contributed by atoms with Crippen molar-refractivity contribution < 1.29 is 19.4 Å². The summed E-state index contributed by atoms with van der Waals surface area (Å²) in [6.45, 7) is 9.28. The number of primary amides is 1. The molecule has 0 radical (unpaired) electrons. The normalized spacial score (nSPS) is 17.6. The molecule has 1 aromatic carbocycles. The van der Waals surface area contributed by atoms with Crippen LogP contribution in [0.5, 0.6) is 5.75 Å². The summed E-state index contributed by atoms with van der Waals surface area (Å²) in [5.41, 5.74) is 8.22. The van der Waals surface area contributed by atoms with E-state index in [2.05, 4.69) is 45.1 Å². The van der Waals surface area contributed by atoms with E-state index in [-0.39, 0.29) is 16.7 Å². The van der Waals surface area contributed by atoms with Gasteiger partial charge in [0.15, 0.2) is 0 Å². The molecule has 6 nitrogen and oxygen atoms in total. The minimum Gasteiger partial charge on any atom is -0.494 e. The van der Waals surface area contributed by atoms with Gasteiger partial charge < -0.3 is 20.9 Å². The first-order valence-corrected chi connectivity index (χ1v) is 10.0. The molecule has 0 saturated carbocycles. The topological polar surface area (TPSA) is 102 Å². The minimum atomic E-state index is -1.01. The fourth-order valence-electron chi connectivity index (χ4n) is 4.29. The smallest absolute Gasteiger partial charge is 0.242 e. The number of hydrogen-bond acceptors (Lipinski definition) is 4. The van der Waals surface area contributed by atoms with E-state index in [1.165, 1.54) is 11.1 Å². The third-order valence-electron chi connectivity index (χ3n) is 5.51. The predicted molar refractivity (Wildman–Crippen MR) is 109 cm³/mol. The number of benzene rings is 1. The molecule has 0 bridgehead atoms. The molecule has 6 heteroatoms. The second-order valence-electron chi connectivity index (χ2n) is 9.02. The minimum absolute atomic E-state index is 0.156. The van der Waals surface area contributed by atoms with Gasteiger partial charge in [-0.2, -0.15) is 0 Å². The number of amides is 2. The van der Waals surface area contributed by atoms with Crippen molar-refractivity contribution in [3.8, 4) is 5.75 Å². The van der Waals surface area contributed by atoms with Gasteiger partial charge in [-0.15, -0.1) is 0 Å². The first kappa shape index (κ1) is 22.2. The molecule has 0 aromatic heterocycles. The lowest BCUT2D eigenvalue weighted by Crippen LogP contribution is -2.46. The average Bonchev–Trinajstić information content (AvgIpc) is 2.79. The molecule has 0 fully saturated rings. The highest BCUT2D eigenvalue weighted by Crippen LogP contribution is 2.50. The Balaban J connectivity index is 1.72. The van der Waals surface area contributed by atoms with Crippen LogP contribution in [0.3, 0.4) is 0 Å². The Hall–Kier alpha value is -2.08. The van der Waals surface area contributed by atoms with Crippen molar-refractivity contribution in [2.45, 2.75) is 76.7 Å². The lowest BCUT2D eigenvalue weighted by molar-refractivity contribution is -0.128. The van der Waals surface area contributed by atoms with E-state index in [0.29, 0.717) is 19.4 Å². The van der Waals surface area contributed by atoms with Crippen LogP contribution in [0.1, 0.15) is 70.9 Å². The maximum atomic E-state index is 11.7. The number of ether oxygens (including phenoxy) is 1. The van der Waals surface area contributed by atoms with Gasteiger partial charge in [0, 0.05) is 6.42 Å². The molecule has 0 saturated heterocycles. The second kappa shape index (κ2) is 8.95. The summed E-state index contributed by atoms with van der Waals surface area (Å²) < 4.78 is 5.92. The van der Waals surface area contributed by atoms with Crippen molar-refractivity contribution in [1.29, 1.82) is 0 Å². The third kappa shape index (κ3) is 5.47. The zero-order valence-electron chi connectivity index (χ0n) is 17.5. The molecule has 0 spiro atoms. The molecule has 156 valence electrons. The number of nitrogens with two attached hydrogens (primary N) is 1. The van der Waals surface area contributed by atoms with Crippen molar-refractivity contribution >= 4 is 11.8 Å². The monoisotopic (exact) mass is 390 g/mol. The highest BCUT2D eigenvalue weighted by molar-refractivity contribution is 5.86. The van der Waals surface area contributed by atoms with Gasteiger partial charge in [-0.3, -0.25) is 9.59 Å². The lowest BCUT2D eigenvalue weighted by atomic mass is 9.82. The van der Waals surface area contributed by atoms with E-state index in [1.807, 2.05) is 6.07 Å². The van der Waals surface area contributed by atoms with Crippen molar-refractivity contribution in [2.24, 2.45) is 5.73 Å². The maximum Gasteiger partial charge on any atom is 0.242 e. The number of hydrogen-bond donors (Lipinski definition) is 3. The number of carbonyl (C=O) groups is 2. The molecule has 1 aliphatic carbocycles. The van der Waals surface area contributed by atoms with E-state index in [0.717, 1.165) is 25.0 Å². The van der Waals surface area contributed by atoms with Crippen LogP contribution in [0.25, 0.3) is 0 Å². The van der Waals surface area contributed by atoms with Gasteiger partial charge in [0.1, 0.15) is 11.8 Å². The zero-order chi connectivity index (χ0) is 20.9. The zero-order valence-corrected chi connectivity index (χ0v) is 17.5. The molecule has 4 N–H and O–H groups in total.